The van der Waals surface area contributed by atoms with E-state index in [-0.39, 0.29) is 11.8 Å². The van der Waals surface area contributed by atoms with Crippen LogP contribution in [-0.2, 0) is 9.59 Å². The van der Waals surface area contributed by atoms with E-state index >= 15 is 0 Å². The maximum absolute atomic E-state index is 12.7. The molecule has 1 aromatic carbocycles. The van der Waals surface area contributed by atoms with Crippen LogP contribution in [0.3, 0.4) is 0 Å². The zero-order valence-corrected chi connectivity index (χ0v) is 16.8. The number of rotatable bonds is 9. The molecule has 0 aromatic heterocycles. The molecule has 0 atom stereocenters. The van der Waals surface area contributed by atoms with Crippen molar-refractivity contribution in [3.8, 4) is 0 Å². The monoisotopic (exact) mass is 359 g/mol. The van der Waals surface area contributed by atoms with Crippen LogP contribution in [0.15, 0.2) is 18.2 Å². The van der Waals surface area contributed by atoms with Gasteiger partial charge in [-0.05, 0) is 69.7 Å². The van der Waals surface area contributed by atoms with Gasteiger partial charge >= 0.3 is 0 Å². The minimum atomic E-state index is -0.874. The Morgan fingerprint density at radius 2 is 1.81 bits per heavy atom. The van der Waals surface area contributed by atoms with Crippen molar-refractivity contribution < 1.29 is 9.59 Å². The van der Waals surface area contributed by atoms with E-state index in [1.807, 2.05) is 19.1 Å². The molecule has 26 heavy (non-hydrogen) atoms. The smallest absolute Gasteiger partial charge is 0.240 e. The van der Waals surface area contributed by atoms with Gasteiger partial charge in [-0.1, -0.05) is 13.8 Å². The van der Waals surface area contributed by atoms with E-state index in [4.69, 9.17) is 0 Å². The maximum atomic E-state index is 12.7. The minimum absolute atomic E-state index is 0.131. The highest BCUT2D eigenvalue weighted by Gasteiger charge is 2.56. The molecule has 0 heterocycles. The molecular formula is C21H33N3O2. The van der Waals surface area contributed by atoms with Crippen molar-refractivity contribution in [1.82, 2.24) is 5.32 Å². The Labute approximate surface area is 157 Å². The molecule has 1 aliphatic carbocycles. The number of nitrogens with one attached hydrogen (secondary N) is 2. The average molecular weight is 360 g/mol. The fourth-order valence-electron chi connectivity index (χ4n) is 3.14. The van der Waals surface area contributed by atoms with Crippen molar-refractivity contribution in [3.63, 3.8) is 0 Å². The van der Waals surface area contributed by atoms with E-state index in [1.54, 1.807) is 0 Å². The molecule has 1 aromatic rings. The van der Waals surface area contributed by atoms with Gasteiger partial charge in [-0.15, -0.1) is 0 Å². The SMILES string of the molecule is CCN(CC)c1ccc(NC(=O)C2(C(=O)NCCC(C)C)CC2)c(C)c1. The van der Waals surface area contributed by atoms with Crippen molar-refractivity contribution in [3.05, 3.63) is 23.8 Å². The van der Waals surface area contributed by atoms with Crippen LogP contribution < -0.4 is 15.5 Å². The number of hydrogen-bond donors (Lipinski definition) is 2. The number of carbonyl (C=O) groups is 2. The van der Waals surface area contributed by atoms with E-state index in [1.165, 1.54) is 0 Å². The molecule has 2 amide bonds. The molecule has 1 saturated carbocycles. The van der Waals surface area contributed by atoms with Crippen molar-refractivity contribution in [2.45, 2.75) is 53.9 Å². The largest absolute Gasteiger partial charge is 0.372 e. The third kappa shape index (κ3) is 4.57. The van der Waals surface area contributed by atoms with Crippen LogP contribution in [0.2, 0.25) is 0 Å². The second-order valence-corrected chi connectivity index (χ2v) is 7.65. The lowest BCUT2D eigenvalue weighted by Crippen LogP contribution is -2.40. The maximum Gasteiger partial charge on any atom is 0.240 e. The Bertz CT molecular complexity index is 647. The number of amides is 2. The number of carbonyl (C=O) groups excluding carboxylic acids is 2. The fourth-order valence-corrected chi connectivity index (χ4v) is 3.14. The molecular weight excluding hydrogens is 326 g/mol. The molecule has 0 spiro atoms. The highest BCUT2D eigenvalue weighted by molar-refractivity contribution is 6.13. The Balaban J connectivity index is 2.02. The number of nitrogens with zero attached hydrogens (tertiary/aromatic N) is 1. The summed E-state index contributed by atoms with van der Waals surface area (Å²) < 4.78 is 0. The zero-order chi connectivity index (χ0) is 19.3. The van der Waals surface area contributed by atoms with E-state index in [9.17, 15) is 9.59 Å². The minimum Gasteiger partial charge on any atom is -0.372 e. The van der Waals surface area contributed by atoms with Gasteiger partial charge in [0.1, 0.15) is 5.41 Å². The summed E-state index contributed by atoms with van der Waals surface area (Å²) in [6.07, 6.45) is 2.18. The Morgan fingerprint density at radius 1 is 1.15 bits per heavy atom. The second-order valence-electron chi connectivity index (χ2n) is 7.65. The quantitative estimate of drug-likeness (QED) is 0.661. The molecule has 0 saturated heterocycles. The third-order valence-electron chi connectivity index (χ3n) is 5.21. The number of benzene rings is 1. The van der Waals surface area contributed by atoms with E-state index in [0.29, 0.717) is 25.3 Å². The van der Waals surface area contributed by atoms with Gasteiger partial charge in [-0.25, -0.2) is 0 Å². The molecule has 0 bridgehead atoms. The number of aryl methyl sites for hydroxylation is 1. The lowest BCUT2D eigenvalue weighted by atomic mass is 10.0. The van der Waals surface area contributed by atoms with Gasteiger partial charge in [0, 0.05) is 31.0 Å². The third-order valence-corrected chi connectivity index (χ3v) is 5.21. The Hall–Kier alpha value is -2.04. The first-order valence-electron chi connectivity index (χ1n) is 9.79. The van der Waals surface area contributed by atoms with Gasteiger partial charge in [-0.3, -0.25) is 9.59 Å². The summed E-state index contributed by atoms with van der Waals surface area (Å²) in [5, 5.41) is 5.91. The summed E-state index contributed by atoms with van der Waals surface area (Å²) in [5.41, 5.74) is 2.07. The summed E-state index contributed by atoms with van der Waals surface area (Å²) in [6.45, 7) is 13.0. The van der Waals surface area contributed by atoms with Gasteiger partial charge in [0.2, 0.25) is 11.8 Å². The van der Waals surface area contributed by atoms with E-state index in [2.05, 4.69) is 49.3 Å². The highest BCUT2D eigenvalue weighted by Crippen LogP contribution is 2.47. The molecule has 0 aliphatic heterocycles. The van der Waals surface area contributed by atoms with Crippen molar-refractivity contribution >= 4 is 23.2 Å². The molecule has 0 radical (unpaired) electrons. The molecule has 0 unspecified atom stereocenters. The van der Waals surface area contributed by atoms with Crippen molar-refractivity contribution in [1.29, 1.82) is 0 Å². The van der Waals surface area contributed by atoms with Crippen LogP contribution in [0.1, 0.15) is 52.5 Å². The predicted molar refractivity (Wildman–Crippen MR) is 108 cm³/mol. The fraction of sp³-hybridized carbons (Fsp3) is 0.619. The summed E-state index contributed by atoms with van der Waals surface area (Å²) in [6, 6.07) is 6.05. The van der Waals surface area contributed by atoms with Crippen LogP contribution >= 0.6 is 0 Å². The highest BCUT2D eigenvalue weighted by atomic mass is 16.2. The van der Waals surface area contributed by atoms with Gasteiger partial charge in [0.05, 0.1) is 0 Å². The predicted octanol–water partition coefficient (Wildman–Crippen LogP) is 3.72. The first-order valence-corrected chi connectivity index (χ1v) is 9.79. The van der Waals surface area contributed by atoms with Gasteiger partial charge in [-0.2, -0.15) is 0 Å². The summed E-state index contributed by atoms with van der Waals surface area (Å²) >= 11 is 0. The summed E-state index contributed by atoms with van der Waals surface area (Å²) in [5.74, 6) is 0.220. The Morgan fingerprint density at radius 3 is 2.31 bits per heavy atom. The first-order chi connectivity index (χ1) is 12.3. The number of anilines is 2. The normalized spacial score (nSPS) is 14.8. The van der Waals surface area contributed by atoms with Crippen LogP contribution in [0.5, 0.6) is 0 Å². The second kappa shape index (κ2) is 8.56. The topological polar surface area (TPSA) is 61.4 Å². The van der Waals surface area contributed by atoms with Crippen LogP contribution in [-0.4, -0.2) is 31.4 Å². The first kappa shape index (κ1) is 20.3. The molecule has 144 valence electrons. The molecule has 5 nitrogen and oxygen atoms in total. The molecule has 5 heteroatoms. The van der Waals surface area contributed by atoms with Gasteiger partial charge < -0.3 is 15.5 Å². The van der Waals surface area contributed by atoms with Crippen LogP contribution in [0.4, 0.5) is 11.4 Å². The van der Waals surface area contributed by atoms with Crippen molar-refractivity contribution in [2.75, 3.05) is 29.9 Å². The van der Waals surface area contributed by atoms with Crippen LogP contribution in [0.25, 0.3) is 0 Å². The van der Waals surface area contributed by atoms with Gasteiger partial charge in [0.15, 0.2) is 0 Å². The number of hydrogen-bond acceptors (Lipinski definition) is 3. The van der Waals surface area contributed by atoms with Crippen molar-refractivity contribution in [2.24, 2.45) is 11.3 Å². The molecule has 2 rings (SSSR count). The van der Waals surface area contributed by atoms with E-state index < -0.39 is 5.41 Å². The molecule has 1 fully saturated rings. The zero-order valence-electron chi connectivity index (χ0n) is 16.8. The van der Waals surface area contributed by atoms with Gasteiger partial charge in [0.25, 0.3) is 0 Å². The average Bonchev–Trinajstić information content (AvgIpc) is 3.40. The molecule has 2 N–H and O–H groups in total. The van der Waals surface area contributed by atoms with Crippen LogP contribution in [0, 0.1) is 18.3 Å². The molecule has 1 aliphatic rings. The standard InChI is InChI=1S/C21H33N3O2/c1-6-24(7-2)17-8-9-18(16(5)14-17)23-20(26)21(11-12-21)19(25)22-13-10-15(3)4/h8-9,14-15H,6-7,10-13H2,1-5H3,(H,22,25)(H,23,26). The van der Waals surface area contributed by atoms with E-state index in [0.717, 1.165) is 36.4 Å². The lowest BCUT2D eigenvalue weighted by molar-refractivity contribution is -0.134. The Kier molecular flexibility index (Phi) is 6.68. The summed E-state index contributed by atoms with van der Waals surface area (Å²) in [7, 11) is 0. The lowest BCUT2D eigenvalue weighted by Gasteiger charge is -2.23. The summed E-state index contributed by atoms with van der Waals surface area (Å²) in [4.78, 5) is 27.5.